The molecule has 0 aliphatic carbocycles. The number of para-hydroxylation sites is 2. The number of amides is 1. The summed E-state index contributed by atoms with van der Waals surface area (Å²) in [6, 6.07) is 7.26. The van der Waals surface area contributed by atoms with Crippen molar-refractivity contribution in [2.75, 3.05) is 32.5 Å². The molecule has 1 fully saturated rings. The molecule has 0 aromatic heterocycles. The number of benzene rings is 1. The van der Waals surface area contributed by atoms with Crippen LogP contribution in [0.3, 0.4) is 0 Å². The van der Waals surface area contributed by atoms with E-state index in [0.29, 0.717) is 31.1 Å². The van der Waals surface area contributed by atoms with E-state index in [1.807, 2.05) is 12.1 Å². The van der Waals surface area contributed by atoms with Gasteiger partial charge < -0.3 is 14.8 Å². The number of sulfonamides is 1. The molecule has 1 atom stereocenters. The van der Waals surface area contributed by atoms with Crippen LogP contribution in [-0.2, 0) is 14.8 Å². The molecule has 0 bridgehead atoms. The highest BCUT2D eigenvalue weighted by atomic mass is 32.2. The monoisotopic (exact) mass is 354 g/mol. The molecule has 1 saturated heterocycles. The zero-order chi connectivity index (χ0) is 17.2. The summed E-state index contributed by atoms with van der Waals surface area (Å²) in [5, 5.41) is 2.89. The molecule has 0 spiro atoms. The van der Waals surface area contributed by atoms with Gasteiger partial charge in [0.1, 0.15) is 6.61 Å². The van der Waals surface area contributed by atoms with Gasteiger partial charge in [0.05, 0.1) is 6.26 Å². The Balaban J connectivity index is 1.46. The Morgan fingerprint density at radius 3 is 2.58 bits per heavy atom. The zero-order valence-corrected chi connectivity index (χ0v) is 14.4. The summed E-state index contributed by atoms with van der Waals surface area (Å²) in [6.45, 7) is 1.74. The van der Waals surface area contributed by atoms with Gasteiger partial charge in [-0.2, -0.15) is 0 Å². The molecule has 1 amide bonds. The lowest BCUT2D eigenvalue weighted by Crippen LogP contribution is -2.46. The van der Waals surface area contributed by atoms with E-state index in [0.717, 1.165) is 12.8 Å². The predicted molar refractivity (Wildman–Crippen MR) is 88.5 cm³/mol. The van der Waals surface area contributed by atoms with Crippen LogP contribution >= 0.6 is 0 Å². The van der Waals surface area contributed by atoms with E-state index in [4.69, 9.17) is 9.47 Å². The van der Waals surface area contributed by atoms with Crippen LogP contribution in [0.2, 0.25) is 0 Å². The number of rotatable bonds is 4. The van der Waals surface area contributed by atoms with Crippen molar-refractivity contribution in [3.8, 4) is 11.5 Å². The minimum atomic E-state index is -3.12. The van der Waals surface area contributed by atoms with E-state index < -0.39 is 16.1 Å². The van der Waals surface area contributed by atoms with Crippen molar-refractivity contribution in [2.45, 2.75) is 18.9 Å². The normalized spacial score (nSPS) is 22.1. The lowest BCUT2D eigenvalue weighted by atomic mass is 9.98. The first-order chi connectivity index (χ1) is 11.4. The lowest BCUT2D eigenvalue weighted by Gasteiger charge is -2.31. The van der Waals surface area contributed by atoms with E-state index in [1.165, 1.54) is 10.6 Å². The summed E-state index contributed by atoms with van der Waals surface area (Å²) in [5.41, 5.74) is 0. The standard InChI is InChI=1S/C16H22N2O5S/c1-24(20,21)18-8-6-12(7-9-18)10-17-16(19)15-11-22-13-4-2-3-5-14(13)23-15/h2-5,12,15H,6-11H2,1H3,(H,17,19)/t15-/m0/s1. The summed E-state index contributed by atoms with van der Waals surface area (Å²) in [7, 11) is -3.12. The van der Waals surface area contributed by atoms with Crippen molar-refractivity contribution in [2.24, 2.45) is 5.92 Å². The molecular weight excluding hydrogens is 332 g/mol. The van der Waals surface area contributed by atoms with Gasteiger partial charge in [-0.15, -0.1) is 0 Å². The molecule has 0 saturated carbocycles. The number of nitrogens with one attached hydrogen (secondary N) is 1. The van der Waals surface area contributed by atoms with E-state index in [1.54, 1.807) is 12.1 Å². The number of piperidine rings is 1. The number of ether oxygens (including phenoxy) is 2. The van der Waals surface area contributed by atoms with Crippen LogP contribution < -0.4 is 14.8 Å². The van der Waals surface area contributed by atoms with Crippen molar-refractivity contribution in [1.29, 1.82) is 0 Å². The summed E-state index contributed by atoms with van der Waals surface area (Å²) in [4.78, 5) is 12.3. The third-order valence-corrected chi connectivity index (χ3v) is 5.71. The SMILES string of the molecule is CS(=O)(=O)N1CCC(CNC(=O)[C@@H]2COc3ccccc3O2)CC1. The van der Waals surface area contributed by atoms with Crippen LogP contribution in [0, 0.1) is 5.92 Å². The molecule has 3 rings (SSSR count). The quantitative estimate of drug-likeness (QED) is 0.857. The molecule has 7 nitrogen and oxygen atoms in total. The molecule has 24 heavy (non-hydrogen) atoms. The van der Waals surface area contributed by atoms with Crippen molar-refractivity contribution >= 4 is 15.9 Å². The largest absolute Gasteiger partial charge is 0.485 e. The molecule has 1 aromatic carbocycles. The summed E-state index contributed by atoms with van der Waals surface area (Å²) in [5.74, 6) is 1.30. The van der Waals surface area contributed by atoms with E-state index in [9.17, 15) is 13.2 Å². The molecular formula is C16H22N2O5S. The van der Waals surface area contributed by atoms with Crippen LogP contribution in [-0.4, -0.2) is 57.2 Å². The van der Waals surface area contributed by atoms with Crippen LogP contribution in [0.15, 0.2) is 24.3 Å². The van der Waals surface area contributed by atoms with Gasteiger partial charge in [0.25, 0.3) is 5.91 Å². The number of fused-ring (bicyclic) bond motifs is 1. The molecule has 0 unspecified atom stereocenters. The van der Waals surface area contributed by atoms with E-state index in [-0.39, 0.29) is 18.4 Å². The molecule has 2 aliphatic heterocycles. The average molecular weight is 354 g/mol. The first kappa shape index (κ1) is 17.0. The topological polar surface area (TPSA) is 84.9 Å². The van der Waals surface area contributed by atoms with Gasteiger partial charge in [0.2, 0.25) is 16.1 Å². The van der Waals surface area contributed by atoms with Crippen LogP contribution in [0.25, 0.3) is 0 Å². The van der Waals surface area contributed by atoms with Crippen molar-refractivity contribution in [1.82, 2.24) is 9.62 Å². The van der Waals surface area contributed by atoms with Gasteiger partial charge >= 0.3 is 0 Å². The maximum absolute atomic E-state index is 12.3. The maximum Gasteiger partial charge on any atom is 0.264 e. The maximum atomic E-state index is 12.3. The van der Waals surface area contributed by atoms with Gasteiger partial charge in [0.15, 0.2) is 11.5 Å². The van der Waals surface area contributed by atoms with Crippen LogP contribution in [0.5, 0.6) is 11.5 Å². The van der Waals surface area contributed by atoms with E-state index in [2.05, 4.69) is 5.32 Å². The summed E-state index contributed by atoms with van der Waals surface area (Å²) in [6.07, 6.45) is 2.07. The molecule has 1 N–H and O–H groups in total. The van der Waals surface area contributed by atoms with Crippen LogP contribution in [0.4, 0.5) is 0 Å². The summed E-state index contributed by atoms with van der Waals surface area (Å²) >= 11 is 0. The Labute approximate surface area is 142 Å². The second kappa shape index (κ2) is 6.98. The van der Waals surface area contributed by atoms with E-state index >= 15 is 0 Å². The number of hydrogen-bond acceptors (Lipinski definition) is 5. The summed E-state index contributed by atoms with van der Waals surface area (Å²) < 4.78 is 35.7. The third-order valence-electron chi connectivity index (χ3n) is 4.41. The molecule has 2 heterocycles. The minimum Gasteiger partial charge on any atom is -0.485 e. The van der Waals surface area contributed by atoms with Crippen molar-refractivity contribution in [3.05, 3.63) is 24.3 Å². The number of nitrogens with zero attached hydrogens (tertiary/aromatic N) is 1. The Morgan fingerprint density at radius 2 is 1.92 bits per heavy atom. The highest BCUT2D eigenvalue weighted by Gasteiger charge is 2.29. The van der Waals surface area contributed by atoms with Crippen LogP contribution in [0.1, 0.15) is 12.8 Å². The molecule has 132 valence electrons. The smallest absolute Gasteiger partial charge is 0.264 e. The second-order valence-electron chi connectivity index (χ2n) is 6.21. The molecule has 2 aliphatic rings. The Bertz CT molecular complexity index is 698. The first-order valence-electron chi connectivity index (χ1n) is 8.05. The zero-order valence-electron chi connectivity index (χ0n) is 13.6. The fourth-order valence-electron chi connectivity index (χ4n) is 2.95. The Morgan fingerprint density at radius 1 is 1.25 bits per heavy atom. The predicted octanol–water partition coefficient (Wildman–Crippen LogP) is 0.614. The molecule has 0 radical (unpaired) electrons. The molecule has 8 heteroatoms. The second-order valence-corrected chi connectivity index (χ2v) is 8.20. The third kappa shape index (κ3) is 3.99. The van der Waals surface area contributed by atoms with Gasteiger partial charge in [0, 0.05) is 19.6 Å². The fourth-order valence-corrected chi connectivity index (χ4v) is 3.83. The van der Waals surface area contributed by atoms with Gasteiger partial charge in [-0.3, -0.25) is 4.79 Å². The van der Waals surface area contributed by atoms with Crippen molar-refractivity contribution < 1.29 is 22.7 Å². The number of carbonyl (C=O) groups is 1. The van der Waals surface area contributed by atoms with Gasteiger partial charge in [-0.1, -0.05) is 12.1 Å². The van der Waals surface area contributed by atoms with Gasteiger partial charge in [-0.05, 0) is 30.9 Å². The Hall–Kier alpha value is -1.80. The first-order valence-corrected chi connectivity index (χ1v) is 9.89. The van der Waals surface area contributed by atoms with Gasteiger partial charge in [-0.25, -0.2) is 12.7 Å². The fraction of sp³-hybridized carbons (Fsp3) is 0.562. The lowest BCUT2D eigenvalue weighted by molar-refractivity contribution is -0.130. The Kier molecular flexibility index (Phi) is 4.96. The number of hydrogen-bond donors (Lipinski definition) is 1. The number of carbonyl (C=O) groups excluding carboxylic acids is 1. The molecule has 1 aromatic rings. The minimum absolute atomic E-state index is 0.190. The highest BCUT2D eigenvalue weighted by Crippen LogP contribution is 2.30. The van der Waals surface area contributed by atoms with Crippen molar-refractivity contribution in [3.63, 3.8) is 0 Å². The average Bonchev–Trinajstić information content (AvgIpc) is 2.59. The highest BCUT2D eigenvalue weighted by molar-refractivity contribution is 7.88.